The van der Waals surface area contributed by atoms with E-state index in [9.17, 15) is 0 Å². The zero-order chi connectivity index (χ0) is 18.1. The Kier molecular flexibility index (Phi) is 4.13. The summed E-state index contributed by atoms with van der Waals surface area (Å²) < 4.78 is 0. The number of nitrogens with one attached hydrogen (secondary N) is 1. The van der Waals surface area contributed by atoms with Crippen LogP contribution in [0.4, 0.5) is 17.3 Å². The molecule has 0 aliphatic carbocycles. The molecule has 0 radical (unpaired) electrons. The van der Waals surface area contributed by atoms with Crippen LogP contribution in [0.2, 0.25) is 0 Å². The van der Waals surface area contributed by atoms with Crippen LogP contribution in [0.15, 0.2) is 36.9 Å². The van der Waals surface area contributed by atoms with Gasteiger partial charge in [0.15, 0.2) is 5.01 Å². The van der Waals surface area contributed by atoms with Crippen LogP contribution in [0.25, 0.3) is 21.6 Å². The highest BCUT2D eigenvalue weighted by molar-refractivity contribution is 7.14. The third-order valence-corrected chi connectivity index (χ3v) is 5.01. The zero-order valence-corrected chi connectivity index (χ0v) is 15.0. The van der Waals surface area contributed by atoms with E-state index in [4.69, 9.17) is 5.73 Å². The Morgan fingerprint density at radius 2 is 2.00 bits per heavy atom. The number of rotatable bonds is 4. The van der Waals surface area contributed by atoms with E-state index in [0.29, 0.717) is 23.1 Å². The lowest BCUT2D eigenvalue weighted by Crippen LogP contribution is -2.00. The van der Waals surface area contributed by atoms with Gasteiger partial charge in [-0.05, 0) is 18.2 Å². The fraction of sp³-hybridized carbons (Fsp3) is 0.176. The van der Waals surface area contributed by atoms with Crippen molar-refractivity contribution in [2.24, 2.45) is 0 Å². The standard InChI is InChI=1S/C17H16N8S/c1-9(2)16-24-25-17(26-16)10-7-12-14(23-15(10)18)11(3-6-20-12)22-13-4-5-19-8-21-13/h3-9H,1-2H3,(H2,18,23)(H,19,20,21,22). The van der Waals surface area contributed by atoms with Crippen molar-refractivity contribution in [2.75, 3.05) is 11.1 Å². The van der Waals surface area contributed by atoms with Gasteiger partial charge in [0.05, 0.1) is 16.8 Å². The summed E-state index contributed by atoms with van der Waals surface area (Å²) in [5.74, 6) is 1.38. The number of nitrogens with zero attached hydrogens (tertiary/aromatic N) is 6. The fourth-order valence-corrected chi connectivity index (χ4v) is 3.31. The van der Waals surface area contributed by atoms with Gasteiger partial charge in [-0.3, -0.25) is 4.98 Å². The van der Waals surface area contributed by atoms with Crippen LogP contribution >= 0.6 is 11.3 Å². The Balaban J connectivity index is 1.78. The van der Waals surface area contributed by atoms with Gasteiger partial charge in [-0.2, -0.15) is 0 Å². The van der Waals surface area contributed by atoms with Gasteiger partial charge in [0.25, 0.3) is 0 Å². The van der Waals surface area contributed by atoms with Crippen molar-refractivity contribution in [2.45, 2.75) is 19.8 Å². The van der Waals surface area contributed by atoms with Gasteiger partial charge in [0.1, 0.15) is 28.5 Å². The average Bonchev–Trinajstić information content (AvgIpc) is 3.13. The van der Waals surface area contributed by atoms with Gasteiger partial charge in [-0.1, -0.05) is 25.2 Å². The highest BCUT2D eigenvalue weighted by Gasteiger charge is 2.15. The van der Waals surface area contributed by atoms with E-state index < -0.39 is 0 Å². The molecule has 8 nitrogen and oxygen atoms in total. The lowest BCUT2D eigenvalue weighted by Gasteiger charge is -2.09. The normalized spacial score (nSPS) is 11.2. The number of hydrogen-bond acceptors (Lipinski definition) is 9. The van der Waals surface area contributed by atoms with Crippen molar-refractivity contribution in [3.8, 4) is 10.6 Å². The minimum atomic E-state index is 0.317. The number of nitrogens with two attached hydrogens (primary N) is 1. The van der Waals surface area contributed by atoms with Gasteiger partial charge >= 0.3 is 0 Å². The first-order valence-electron chi connectivity index (χ1n) is 8.04. The molecule has 3 N–H and O–H groups in total. The number of nitrogen functional groups attached to an aromatic ring is 1. The molecule has 4 rings (SSSR count). The third kappa shape index (κ3) is 3.04. The van der Waals surface area contributed by atoms with Gasteiger partial charge < -0.3 is 11.1 Å². The molecule has 0 aliphatic heterocycles. The summed E-state index contributed by atoms with van der Waals surface area (Å²) in [6.07, 6.45) is 4.86. The van der Waals surface area contributed by atoms with Crippen molar-refractivity contribution in [1.82, 2.24) is 30.1 Å². The smallest absolute Gasteiger partial charge is 0.151 e. The van der Waals surface area contributed by atoms with E-state index in [1.807, 2.05) is 12.1 Å². The van der Waals surface area contributed by atoms with Crippen molar-refractivity contribution in [1.29, 1.82) is 0 Å². The van der Waals surface area contributed by atoms with Crippen LogP contribution in [0.3, 0.4) is 0 Å². The summed E-state index contributed by atoms with van der Waals surface area (Å²) in [7, 11) is 0. The molecule has 9 heteroatoms. The summed E-state index contributed by atoms with van der Waals surface area (Å²) in [5.41, 5.74) is 9.11. The lowest BCUT2D eigenvalue weighted by molar-refractivity contribution is 0.825. The molecule has 4 aromatic rings. The molecule has 0 saturated carbocycles. The molecule has 26 heavy (non-hydrogen) atoms. The van der Waals surface area contributed by atoms with E-state index in [0.717, 1.165) is 26.8 Å². The predicted octanol–water partition coefficient (Wildman–Crippen LogP) is 3.39. The summed E-state index contributed by atoms with van der Waals surface area (Å²) in [6.45, 7) is 4.16. The van der Waals surface area contributed by atoms with Gasteiger partial charge in [0, 0.05) is 18.3 Å². The molecule has 0 fully saturated rings. The Hall–Kier alpha value is -3.20. The van der Waals surface area contributed by atoms with Crippen molar-refractivity contribution in [3.05, 3.63) is 41.9 Å². The summed E-state index contributed by atoms with van der Waals surface area (Å²) in [5, 5.41) is 13.4. The monoisotopic (exact) mass is 364 g/mol. The van der Waals surface area contributed by atoms with Crippen LogP contribution in [0, 0.1) is 0 Å². The van der Waals surface area contributed by atoms with Crippen molar-refractivity contribution < 1.29 is 0 Å². The molecule has 130 valence electrons. The lowest BCUT2D eigenvalue weighted by atomic mass is 10.2. The molecule has 4 aromatic heterocycles. The van der Waals surface area contributed by atoms with Crippen molar-refractivity contribution in [3.63, 3.8) is 0 Å². The number of anilines is 3. The summed E-state index contributed by atoms with van der Waals surface area (Å²) in [6, 6.07) is 5.50. The fourth-order valence-electron chi connectivity index (χ4n) is 2.44. The molecule has 0 amide bonds. The van der Waals surface area contributed by atoms with E-state index in [-0.39, 0.29) is 0 Å². The predicted molar refractivity (Wildman–Crippen MR) is 102 cm³/mol. The van der Waals surface area contributed by atoms with Gasteiger partial charge in [-0.15, -0.1) is 10.2 Å². The molecule has 0 spiro atoms. The SMILES string of the molecule is CC(C)c1nnc(-c2cc3nccc(Nc4ccncn4)c3nc2N)s1. The molecule has 0 atom stereocenters. The number of fused-ring (bicyclic) bond motifs is 1. The maximum Gasteiger partial charge on any atom is 0.151 e. The summed E-state index contributed by atoms with van der Waals surface area (Å²) in [4.78, 5) is 17.1. The minimum Gasteiger partial charge on any atom is -0.383 e. The second kappa shape index (κ2) is 6.60. The quantitative estimate of drug-likeness (QED) is 0.566. The molecule has 0 bridgehead atoms. The average molecular weight is 364 g/mol. The van der Waals surface area contributed by atoms with E-state index in [1.54, 1.807) is 18.5 Å². The first kappa shape index (κ1) is 16.3. The van der Waals surface area contributed by atoms with Gasteiger partial charge in [0.2, 0.25) is 0 Å². The first-order valence-corrected chi connectivity index (χ1v) is 8.85. The topological polar surface area (TPSA) is 115 Å². The molecule has 0 aromatic carbocycles. The highest BCUT2D eigenvalue weighted by atomic mass is 32.1. The van der Waals surface area contributed by atoms with E-state index in [2.05, 4.69) is 49.3 Å². The Bertz CT molecular complexity index is 1060. The maximum atomic E-state index is 6.21. The molecular weight excluding hydrogens is 348 g/mol. The Labute approximate surface area is 153 Å². The zero-order valence-electron chi connectivity index (χ0n) is 14.2. The van der Waals surface area contributed by atoms with Crippen LogP contribution in [-0.4, -0.2) is 30.1 Å². The molecule has 0 saturated heterocycles. The number of pyridine rings is 2. The molecule has 0 aliphatic rings. The molecule has 0 unspecified atom stereocenters. The van der Waals surface area contributed by atoms with Crippen molar-refractivity contribution >= 4 is 39.7 Å². The molecular formula is C17H16N8S. The van der Waals surface area contributed by atoms with Crippen LogP contribution in [0.5, 0.6) is 0 Å². The second-order valence-electron chi connectivity index (χ2n) is 5.97. The summed E-state index contributed by atoms with van der Waals surface area (Å²) >= 11 is 1.52. The largest absolute Gasteiger partial charge is 0.383 e. The Morgan fingerprint density at radius 3 is 2.73 bits per heavy atom. The minimum absolute atomic E-state index is 0.317. The van der Waals surface area contributed by atoms with Gasteiger partial charge in [-0.25, -0.2) is 15.0 Å². The van der Waals surface area contributed by atoms with E-state index in [1.165, 1.54) is 17.7 Å². The maximum absolute atomic E-state index is 6.21. The number of aromatic nitrogens is 6. The van der Waals surface area contributed by atoms with Crippen LogP contribution < -0.4 is 11.1 Å². The highest BCUT2D eigenvalue weighted by Crippen LogP contribution is 2.33. The van der Waals surface area contributed by atoms with E-state index >= 15 is 0 Å². The third-order valence-electron chi connectivity index (χ3n) is 3.75. The number of hydrogen-bond donors (Lipinski definition) is 2. The molecule has 4 heterocycles. The Morgan fingerprint density at radius 1 is 1.12 bits per heavy atom. The van der Waals surface area contributed by atoms with Crippen LogP contribution in [-0.2, 0) is 0 Å². The first-order chi connectivity index (χ1) is 12.6. The van der Waals surface area contributed by atoms with Crippen LogP contribution in [0.1, 0.15) is 24.8 Å². The second-order valence-corrected chi connectivity index (χ2v) is 6.98.